The first kappa shape index (κ1) is 14.4. The Labute approximate surface area is 122 Å². The number of sulfonamides is 1. The fraction of sp³-hybridized carbons (Fsp3) is 0.538. The summed E-state index contributed by atoms with van der Waals surface area (Å²) in [5, 5.41) is 2.91. The number of rotatable bonds is 3. The lowest BCUT2D eigenvalue weighted by Crippen LogP contribution is -2.68. The summed E-state index contributed by atoms with van der Waals surface area (Å²) in [5.74, 6) is -0.745. The second-order valence-corrected chi connectivity index (χ2v) is 7.32. The number of carbonyl (C=O) groups is 1. The predicted octanol–water partition coefficient (Wildman–Crippen LogP) is 0.700. The van der Waals surface area contributed by atoms with E-state index in [0.29, 0.717) is 6.42 Å². The van der Waals surface area contributed by atoms with Gasteiger partial charge in [0, 0.05) is 18.7 Å². The van der Waals surface area contributed by atoms with Gasteiger partial charge < -0.3 is 5.32 Å². The largest absolute Gasteiger partial charge is 0.349 e. The van der Waals surface area contributed by atoms with Crippen LogP contribution in [0.2, 0.25) is 0 Å². The number of hydrogen-bond acceptors (Lipinski definition) is 4. The number of nitrogens with zero attached hydrogens (tertiary/aromatic N) is 1. The zero-order valence-electron chi connectivity index (χ0n) is 11.3. The standard InChI is InChI=1S/C13H16FN3O3S/c14-9-6-10(8-15-7-9)21(19,20)17-11-2-3-12(18)16-13(11)4-1-5-13/h6-8,11,17H,1-5H2,(H,16,18)/t11-/m0/s1. The summed E-state index contributed by atoms with van der Waals surface area (Å²) in [6, 6.07) is 0.571. The van der Waals surface area contributed by atoms with Gasteiger partial charge in [0.15, 0.2) is 0 Å². The van der Waals surface area contributed by atoms with E-state index in [1.807, 2.05) is 0 Å². The highest BCUT2D eigenvalue weighted by Crippen LogP contribution is 2.39. The molecular weight excluding hydrogens is 297 g/mol. The van der Waals surface area contributed by atoms with Crippen molar-refractivity contribution in [3.63, 3.8) is 0 Å². The fourth-order valence-corrected chi connectivity index (χ4v) is 4.30. The van der Waals surface area contributed by atoms with Crippen LogP contribution in [-0.4, -0.2) is 30.9 Å². The van der Waals surface area contributed by atoms with Crippen molar-refractivity contribution in [3.8, 4) is 0 Å². The van der Waals surface area contributed by atoms with Gasteiger partial charge in [-0.1, -0.05) is 0 Å². The van der Waals surface area contributed by atoms with Crippen LogP contribution in [0.15, 0.2) is 23.4 Å². The third kappa shape index (κ3) is 2.65. The van der Waals surface area contributed by atoms with E-state index >= 15 is 0 Å². The number of halogens is 1. The number of carbonyl (C=O) groups excluding carboxylic acids is 1. The molecule has 2 N–H and O–H groups in total. The summed E-state index contributed by atoms with van der Waals surface area (Å²) < 4.78 is 40.4. The molecule has 0 aromatic carbocycles. The van der Waals surface area contributed by atoms with Crippen molar-refractivity contribution in [2.45, 2.75) is 48.6 Å². The van der Waals surface area contributed by atoms with Gasteiger partial charge in [-0.15, -0.1) is 0 Å². The van der Waals surface area contributed by atoms with Crippen LogP contribution in [0.5, 0.6) is 0 Å². The van der Waals surface area contributed by atoms with Crippen LogP contribution >= 0.6 is 0 Å². The van der Waals surface area contributed by atoms with E-state index in [0.717, 1.165) is 37.7 Å². The fourth-order valence-electron chi connectivity index (χ4n) is 2.98. The SMILES string of the molecule is O=C1CC[C@H](NS(=O)(=O)c2cncc(F)c2)C2(CCC2)N1. The average molecular weight is 313 g/mol. The Hall–Kier alpha value is -1.54. The van der Waals surface area contributed by atoms with Gasteiger partial charge >= 0.3 is 0 Å². The third-order valence-electron chi connectivity index (χ3n) is 4.25. The molecule has 1 aliphatic heterocycles. The lowest BCUT2D eigenvalue weighted by Gasteiger charge is -2.50. The van der Waals surface area contributed by atoms with E-state index in [1.165, 1.54) is 0 Å². The summed E-state index contributed by atoms with van der Waals surface area (Å²) in [6.45, 7) is 0. The van der Waals surface area contributed by atoms with Gasteiger partial charge in [-0.3, -0.25) is 9.78 Å². The molecule has 21 heavy (non-hydrogen) atoms. The highest BCUT2D eigenvalue weighted by Gasteiger charge is 2.49. The molecule has 1 atom stereocenters. The minimum Gasteiger partial charge on any atom is -0.349 e. The van der Waals surface area contributed by atoms with Crippen LogP contribution in [0, 0.1) is 5.82 Å². The first-order valence-electron chi connectivity index (χ1n) is 6.85. The molecule has 114 valence electrons. The molecule has 1 saturated carbocycles. The number of piperidine rings is 1. The molecule has 0 unspecified atom stereocenters. The summed E-state index contributed by atoms with van der Waals surface area (Å²) in [5.41, 5.74) is -0.483. The summed E-state index contributed by atoms with van der Waals surface area (Å²) in [6.07, 6.45) is 5.28. The maximum atomic E-state index is 13.1. The number of hydrogen-bond donors (Lipinski definition) is 2. The van der Waals surface area contributed by atoms with Gasteiger partial charge in [-0.25, -0.2) is 17.5 Å². The van der Waals surface area contributed by atoms with Crippen LogP contribution in [0.4, 0.5) is 4.39 Å². The maximum absolute atomic E-state index is 13.1. The molecule has 1 amide bonds. The minimum atomic E-state index is -3.85. The minimum absolute atomic E-state index is 0.0439. The van der Waals surface area contributed by atoms with E-state index in [9.17, 15) is 17.6 Å². The van der Waals surface area contributed by atoms with Crippen molar-refractivity contribution in [2.24, 2.45) is 0 Å². The number of amides is 1. The van der Waals surface area contributed by atoms with E-state index in [1.54, 1.807) is 0 Å². The molecule has 8 heteroatoms. The molecule has 1 aliphatic carbocycles. The first-order valence-corrected chi connectivity index (χ1v) is 8.34. The topological polar surface area (TPSA) is 88.2 Å². The summed E-state index contributed by atoms with van der Waals surface area (Å²) in [4.78, 5) is 14.9. The average Bonchev–Trinajstić information content (AvgIpc) is 2.39. The van der Waals surface area contributed by atoms with Crippen LogP contribution in [0.25, 0.3) is 0 Å². The smallest absolute Gasteiger partial charge is 0.242 e. The van der Waals surface area contributed by atoms with Gasteiger partial charge in [0.1, 0.15) is 10.7 Å². The normalized spacial score (nSPS) is 24.4. The van der Waals surface area contributed by atoms with Gasteiger partial charge in [0.25, 0.3) is 0 Å². The van der Waals surface area contributed by atoms with Crippen molar-refractivity contribution >= 4 is 15.9 Å². The Morgan fingerprint density at radius 1 is 1.38 bits per heavy atom. The molecule has 3 rings (SSSR count). The molecule has 1 aromatic rings. The Kier molecular flexibility index (Phi) is 3.45. The van der Waals surface area contributed by atoms with Gasteiger partial charge in [0.2, 0.25) is 15.9 Å². The van der Waals surface area contributed by atoms with Crippen LogP contribution in [-0.2, 0) is 14.8 Å². The number of pyridine rings is 1. The van der Waals surface area contributed by atoms with Crippen molar-refractivity contribution < 1.29 is 17.6 Å². The molecule has 6 nitrogen and oxygen atoms in total. The zero-order valence-corrected chi connectivity index (χ0v) is 12.1. The highest BCUT2D eigenvalue weighted by molar-refractivity contribution is 7.89. The Morgan fingerprint density at radius 2 is 2.14 bits per heavy atom. The monoisotopic (exact) mass is 313 g/mol. The molecule has 2 heterocycles. The van der Waals surface area contributed by atoms with Gasteiger partial charge in [-0.05, 0) is 31.7 Å². The van der Waals surface area contributed by atoms with Crippen LogP contribution in [0.3, 0.4) is 0 Å². The van der Waals surface area contributed by atoms with E-state index < -0.39 is 21.4 Å². The molecule has 1 aromatic heterocycles. The predicted molar refractivity (Wildman–Crippen MR) is 72.3 cm³/mol. The Bertz CT molecular complexity index is 673. The maximum Gasteiger partial charge on any atom is 0.242 e. The highest BCUT2D eigenvalue weighted by atomic mass is 32.2. The van der Waals surface area contributed by atoms with Crippen molar-refractivity contribution in [2.75, 3.05) is 0 Å². The Morgan fingerprint density at radius 3 is 2.76 bits per heavy atom. The zero-order chi connectivity index (χ0) is 15.1. The van der Waals surface area contributed by atoms with E-state index in [2.05, 4.69) is 15.0 Å². The lowest BCUT2D eigenvalue weighted by molar-refractivity contribution is -0.127. The lowest BCUT2D eigenvalue weighted by atomic mass is 9.68. The summed E-state index contributed by atoms with van der Waals surface area (Å²) in [7, 11) is -3.85. The van der Waals surface area contributed by atoms with Gasteiger partial charge in [-0.2, -0.15) is 0 Å². The van der Waals surface area contributed by atoms with Crippen molar-refractivity contribution in [1.29, 1.82) is 0 Å². The van der Waals surface area contributed by atoms with Gasteiger partial charge in [0.05, 0.1) is 11.7 Å². The molecular formula is C13H16FN3O3S. The van der Waals surface area contributed by atoms with Crippen molar-refractivity contribution in [1.82, 2.24) is 15.0 Å². The van der Waals surface area contributed by atoms with Crippen LogP contribution < -0.4 is 10.0 Å². The second kappa shape index (κ2) is 5.03. The molecule has 1 saturated heterocycles. The molecule has 1 spiro atoms. The molecule has 0 bridgehead atoms. The third-order valence-corrected chi connectivity index (χ3v) is 5.69. The molecule has 2 aliphatic rings. The number of aromatic nitrogens is 1. The number of nitrogens with one attached hydrogen (secondary N) is 2. The van der Waals surface area contributed by atoms with Crippen molar-refractivity contribution in [3.05, 3.63) is 24.3 Å². The molecule has 0 radical (unpaired) electrons. The quantitative estimate of drug-likeness (QED) is 0.860. The first-order chi connectivity index (χ1) is 9.91. The van der Waals surface area contributed by atoms with Crippen LogP contribution in [0.1, 0.15) is 32.1 Å². The Balaban J connectivity index is 1.83. The second-order valence-electron chi connectivity index (χ2n) is 5.61. The summed E-state index contributed by atoms with van der Waals surface area (Å²) >= 11 is 0. The van der Waals surface area contributed by atoms with E-state index in [-0.39, 0.29) is 23.3 Å². The van der Waals surface area contributed by atoms with E-state index in [4.69, 9.17) is 0 Å². The molecule has 2 fully saturated rings.